The van der Waals surface area contributed by atoms with Crippen LogP contribution in [0.5, 0.6) is 0 Å². The fourth-order valence-corrected chi connectivity index (χ4v) is 3.42. The van der Waals surface area contributed by atoms with Crippen molar-refractivity contribution in [2.24, 2.45) is 0 Å². The van der Waals surface area contributed by atoms with Crippen LogP contribution in [-0.4, -0.2) is 45.4 Å². The average molecular weight is 322 g/mol. The predicted octanol–water partition coefficient (Wildman–Crippen LogP) is 2.50. The summed E-state index contributed by atoms with van der Waals surface area (Å²) in [5, 5.41) is 3.29. The second-order valence-corrected chi connectivity index (χ2v) is 7.48. The van der Waals surface area contributed by atoms with Gasteiger partial charge in [-0.05, 0) is 38.8 Å². The van der Waals surface area contributed by atoms with E-state index in [1.165, 1.54) is 4.31 Å². The van der Waals surface area contributed by atoms with Crippen molar-refractivity contribution in [3.05, 3.63) is 0 Å². The van der Waals surface area contributed by atoms with Crippen LogP contribution in [0.25, 0.3) is 0 Å². The summed E-state index contributed by atoms with van der Waals surface area (Å²) in [5.74, 6) is 0. The Morgan fingerprint density at radius 2 is 1.67 bits per heavy atom. The predicted molar refractivity (Wildman–Crippen MR) is 90.7 cm³/mol. The third-order valence-electron chi connectivity index (χ3n) is 3.52. The van der Waals surface area contributed by atoms with E-state index in [0.29, 0.717) is 6.54 Å². The summed E-state index contributed by atoms with van der Waals surface area (Å²) in [6.45, 7) is 8.76. The number of rotatable bonds is 14. The molecular weight excluding hydrogens is 286 g/mol. The maximum atomic E-state index is 12.3. The van der Waals surface area contributed by atoms with E-state index in [9.17, 15) is 8.42 Å². The van der Waals surface area contributed by atoms with Gasteiger partial charge < -0.3 is 5.32 Å². The van der Waals surface area contributed by atoms with Gasteiger partial charge in [0.05, 0.1) is 0 Å². The van der Waals surface area contributed by atoms with Gasteiger partial charge in [-0.1, -0.05) is 40.0 Å². The molecule has 0 heterocycles. The molecule has 1 unspecified atom stereocenters. The summed E-state index contributed by atoms with van der Waals surface area (Å²) in [5.41, 5.74) is 0. The number of hydrogen-bond acceptors (Lipinski definition) is 3. The molecule has 0 radical (unpaired) electrons. The zero-order valence-corrected chi connectivity index (χ0v) is 15.1. The Balaban J connectivity index is 4.22. The quantitative estimate of drug-likeness (QED) is 0.483. The molecule has 2 N–H and O–H groups in total. The summed E-state index contributed by atoms with van der Waals surface area (Å²) in [4.78, 5) is 0. The number of nitrogens with one attached hydrogen (secondary N) is 2. The zero-order chi connectivity index (χ0) is 16.1. The highest BCUT2D eigenvalue weighted by Crippen LogP contribution is 2.09. The molecule has 0 aromatic heterocycles. The van der Waals surface area contributed by atoms with E-state index >= 15 is 0 Å². The van der Waals surface area contributed by atoms with Crippen LogP contribution in [0.1, 0.15) is 65.7 Å². The van der Waals surface area contributed by atoms with Gasteiger partial charge in [0, 0.05) is 19.6 Å². The van der Waals surface area contributed by atoms with E-state index in [1.807, 2.05) is 0 Å². The van der Waals surface area contributed by atoms with Gasteiger partial charge in [0.2, 0.25) is 0 Å². The van der Waals surface area contributed by atoms with E-state index in [4.69, 9.17) is 0 Å². The van der Waals surface area contributed by atoms with E-state index in [1.54, 1.807) is 7.05 Å². The van der Waals surface area contributed by atoms with Crippen LogP contribution in [0.4, 0.5) is 0 Å². The molecule has 0 fully saturated rings. The molecule has 0 bridgehead atoms. The lowest BCUT2D eigenvalue weighted by Crippen LogP contribution is -2.44. The van der Waals surface area contributed by atoms with Crippen LogP contribution in [-0.2, 0) is 10.2 Å². The van der Waals surface area contributed by atoms with Gasteiger partial charge in [-0.2, -0.15) is 17.4 Å². The molecule has 128 valence electrons. The van der Waals surface area contributed by atoms with E-state index in [0.717, 1.165) is 58.0 Å². The molecule has 21 heavy (non-hydrogen) atoms. The molecule has 0 aliphatic rings. The molecule has 1 atom stereocenters. The number of nitrogens with zero attached hydrogens (tertiary/aromatic N) is 1. The Morgan fingerprint density at radius 3 is 2.24 bits per heavy atom. The Kier molecular flexibility index (Phi) is 12.3. The molecule has 0 amide bonds. The summed E-state index contributed by atoms with van der Waals surface area (Å²) in [6.07, 6.45) is 6.94. The Hall–Kier alpha value is -0.170. The molecule has 0 saturated carbocycles. The van der Waals surface area contributed by atoms with Crippen molar-refractivity contribution in [1.29, 1.82) is 0 Å². The fourth-order valence-electron chi connectivity index (χ4n) is 2.21. The van der Waals surface area contributed by atoms with Crippen molar-refractivity contribution in [2.45, 2.75) is 71.8 Å². The lowest BCUT2D eigenvalue weighted by molar-refractivity contribution is 0.420. The van der Waals surface area contributed by atoms with Gasteiger partial charge >= 0.3 is 0 Å². The minimum Gasteiger partial charge on any atom is -0.317 e. The number of hydrogen-bond donors (Lipinski definition) is 2. The molecule has 0 aromatic rings. The first kappa shape index (κ1) is 20.8. The van der Waals surface area contributed by atoms with Gasteiger partial charge in [-0.3, -0.25) is 0 Å². The molecule has 0 spiro atoms. The summed E-state index contributed by atoms with van der Waals surface area (Å²) in [7, 11) is -1.69. The van der Waals surface area contributed by atoms with Crippen LogP contribution in [0.3, 0.4) is 0 Å². The third kappa shape index (κ3) is 10.2. The average Bonchev–Trinajstić information content (AvgIpc) is 2.44. The van der Waals surface area contributed by atoms with Crippen LogP contribution in [0.2, 0.25) is 0 Å². The number of unbranched alkanes of at least 4 members (excludes halogenated alkanes) is 1. The van der Waals surface area contributed by atoms with Crippen LogP contribution >= 0.6 is 0 Å². The summed E-state index contributed by atoms with van der Waals surface area (Å²) >= 11 is 0. The minimum absolute atomic E-state index is 0.0700. The standard InChI is InChI=1S/C15H35N3O2S/c1-5-8-11-15(10-6-2)17-21(19,20)18(4)14-9-13-16-12-7-3/h15-17H,5-14H2,1-4H3. The second-order valence-electron chi connectivity index (χ2n) is 5.68. The maximum Gasteiger partial charge on any atom is 0.279 e. The smallest absolute Gasteiger partial charge is 0.279 e. The van der Waals surface area contributed by atoms with Crippen LogP contribution in [0, 0.1) is 0 Å². The van der Waals surface area contributed by atoms with Crippen LogP contribution in [0.15, 0.2) is 0 Å². The molecule has 0 rings (SSSR count). The first-order chi connectivity index (χ1) is 9.97. The largest absolute Gasteiger partial charge is 0.317 e. The molecule has 0 aliphatic heterocycles. The van der Waals surface area contributed by atoms with E-state index in [2.05, 4.69) is 30.8 Å². The van der Waals surface area contributed by atoms with Gasteiger partial charge in [0.25, 0.3) is 10.2 Å². The van der Waals surface area contributed by atoms with Crippen molar-refractivity contribution in [2.75, 3.05) is 26.7 Å². The van der Waals surface area contributed by atoms with Gasteiger partial charge in [-0.15, -0.1) is 0 Å². The molecule has 5 nitrogen and oxygen atoms in total. The van der Waals surface area contributed by atoms with Crippen molar-refractivity contribution >= 4 is 10.2 Å². The zero-order valence-electron chi connectivity index (χ0n) is 14.3. The van der Waals surface area contributed by atoms with Gasteiger partial charge in [0.1, 0.15) is 0 Å². The van der Waals surface area contributed by atoms with Crippen molar-refractivity contribution in [3.8, 4) is 0 Å². The Morgan fingerprint density at radius 1 is 0.952 bits per heavy atom. The lowest BCUT2D eigenvalue weighted by atomic mass is 10.1. The van der Waals surface area contributed by atoms with Gasteiger partial charge in [0.15, 0.2) is 0 Å². The highest BCUT2D eigenvalue weighted by molar-refractivity contribution is 7.87. The third-order valence-corrected chi connectivity index (χ3v) is 5.16. The van der Waals surface area contributed by atoms with Crippen molar-refractivity contribution < 1.29 is 8.42 Å². The molecule has 0 aromatic carbocycles. The Labute approximate surface area is 132 Å². The highest BCUT2D eigenvalue weighted by Gasteiger charge is 2.21. The van der Waals surface area contributed by atoms with Crippen LogP contribution < -0.4 is 10.0 Å². The maximum absolute atomic E-state index is 12.3. The topological polar surface area (TPSA) is 61.4 Å². The lowest BCUT2D eigenvalue weighted by Gasteiger charge is -2.23. The molecule has 0 aliphatic carbocycles. The summed E-state index contributed by atoms with van der Waals surface area (Å²) in [6, 6.07) is 0.0700. The SMILES string of the molecule is CCCCC(CCC)NS(=O)(=O)N(C)CCCNCCC. The van der Waals surface area contributed by atoms with Crippen molar-refractivity contribution in [1.82, 2.24) is 14.3 Å². The van der Waals surface area contributed by atoms with Gasteiger partial charge in [-0.25, -0.2) is 0 Å². The van der Waals surface area contributed by atoms with Crippen molar-refractivity contribution in [3.63, 3.8) is 0 Å². The first-order valence-electron chi connectivity index (χ1n) is 8.42. The summed E-state index contributed by atoms with van der Waals surface area (Å²) < 4.78 is 28.9. The Bertz CT molecular complexity index is 334. The highest BCUT2D eigenvalue weighted by atomic mass is 32.2. The van der Waals surface area contributed by atoms with E-state index in [-0.39, 0.29) is 6.04 Å². The normalized spacial score (nSPS) is 13.8. The van der Waals surface area contributed by atoms with E-state index < -0.39 is 10.2 Å². The second kappa shape index (κ2) is 12.4. The monoisotopic (exact) mass is 321 g/mol. The minimum atomic E-state index is -3.35. The first-order valence-corrected chi connectivity index (χ1v) is 9.86. The molecule has 0 saturated heterocycles. The molecular formula is C15H35N3O2S. The molecule has 6 heteroatoms. The fraction of sp³-hybridized carbons (Fsp3) is 1.00.